The molecule has 1 aromatic carbocycles. The number of carbonyl (C=O) groups is 1. The number of nitrogens with zero attached hydrogens (tertiary/aromatic N) is 1. The van der Waals surface area contributed by atoms with Gasteiger partial charge in [-0.25, -0.2) is 4.79 Å². The highest BCUT2D eigenvalue weighted by Gasteiger charge is 2.10. The second-order valence-corrected chi connectivity index (χ2v) is 4.20. The van der Waals surface area contributed by atoms with Gasteiger partial charge in [-0.2, -0.15) is 0 Å². The number of carbonyl (C=O) groups excluding carboxylic acids is 1. The van der Waals surface area contributed by atoms with Crippen LogP contribution in [0.2, 0.25) is 0 Å². The first-order valence-corrected chi connectivity index (χ1v) is 6.19. The van der Waals surface area contributed by atoms with E-state index in [9.17, 15) is 14.9 Å². The van der Waals surface area contributed by atoms with Crippen molar-refractivity contribution >= 4 is 11.7 Å². The molecular weight excluding hydrogens is 248 g/mol. The Hall–Kier alpha value is -1.95. The third-order valence-electron chi connectivity index (χ3n) is 2.75. The molecule has 0 radical (unpaired) electrons. The first-order valence-electron chi connectivity index (χ1n) is 6.19. The Labute approximate surface area is 111 Å². The van der Waals surface area contributed by atoms with E-state index in [4.69, 9.17) is 4.74 Å². The van der Waals surface area contributed by atoms with Gasteiger partial charge in [0, 0.05) is 24.7 Å². The molecule has 0 saturated heterocycles. The van der Waals surface area contributed by atoms with E-state index < -0.39 is 10.9 Å². The molecule has 0 aliphatic carbocycles. The Kier molecular flexibility index (Phi) is 5.95. The highest BCUT2D eigenvalue weighted by molar-refractivity contribution is 5.89. The zero-order chi connectivity index (χ0) is 14.3. The number of rotatable bonds is 7. The van der Waals surface area contributed by atoms with Gasteiger partial charge in [0.2, 0.25) is 0 Å². The summed E-state index contributed by atoms with van der Waals surface area (Å²) in [4.78, 5) is 21.6. The van der Waals surface area contributed by atoms with Crippen LogP contribution in [0.15, 0.2) is 24.3 Å². The summed E-state index contributed by atoms with van der Waals surface area (Å²) in [5.41, 5.74) is 0.268. The fraction of sp³-hybridized carbons (Fsp3) is 0.462. The highest BCUT2D eigenvalue weighted by Crippen LogP contribution is 2.12. The van der Waals surface area contributed by atoms with Crippen LogP contribution < -0.4 is 5.32 Å². The standard InChI is InChI=1S/C13H18N2O4/c1-3-10(2)14-8-9-19-13(16)11-4-6-12(7-5-11)15(17)18/h4-7,10,14H,3,8-9H2,1-2H3. The largest absolute Gasteiger partial charge is 0.461 e. The Balaban J connectivity index is 2.39. The van der Waals surface area contributed by atoms with E-state index in [1.54, 1.807) is 0 Å². The van der Waals surface area contributed by atoms with Crippen LogP contribution in [0.25, 0.3) is 0 Å². The van der Waals surface area contributed by atoms with E-state index in [1.165, 1.54) is 24.3 Å². The van der Waals surface area contributed by atoms with Crippen LogP contribution >= 0.6 is 0 Å². The summed E-state index contributed by atoms with van der Waals surface area (Å²) < 4.78 is 5.05. The van der Waals surface area contributed by atoms with Gasteiger partial charge in [-0.1, -0.05) is 6.92 Å². The van der Waals surface area contributed by atoms with Crippen molar-refractivity contribution in [3.63, 3.8) is 0 Å². The minimum atomic E-state index is -0.509. The second kappa shape index (κ2) is 7.48. The van der Waals surface area contributed by atoms with Crippen LogP contribution in [0.1, 0.15) is 30.6 Å². The molecule has 0 aliphatic heterocycles. The lowest BCUT2D eigenvalue weighted by molar-refractivity contribution is -0.384. The monoisotopic (exact) mass is 266 g/mol. The quantitative estimate of drug-likeness (QED) is 0.354. The van der Waals surface area contributed by atoms with Gasteiger partial charge in [-0.3, -0.25) is 10.1 Å². The summed E-state index contributed by atoms with van der Waals surface area (Å²) in [5.74, 6) is -0.471. The van der Waals surface area contributed by atoms with Crippen molar-refractivity contribution in [1.29, 1.82) is 0 Å². The van der Waals surface area contributed by atoms with Crippen LogP contribution in [-0.2, 0) is 4.74 Å². The third kappa shape index (κ3) is 5.05. The predicted octanol–water partition coefficient (Wildman–Crippen LogP) is 2.14. The first-order chi connectivity index (χ1) is 9.04. The molecule has 0 aromatic heterocycles. The summed E-state index contributed by atoms with van der Waals surface area (Å²) in [6.07, 6.45) is 1.01. The molecule has 0 saturated carbocycles. The van der Waals surface area contributed by atoms with Gasteiger partial charge < -0.3 is 10.1 Å². The molecule has 1 unspecified atom stereocenters. The zero-order valence-electron chi connectivity index (χ0n) is 11.1. The molecule has 0 fully saturated rings. The fourth-order valence-corrected chi connectivity index (χ4v) is 1.40. The van der Waals surface area contributed by atoms with Gasteiger partial charge in [-0.05, 0) is 25.5 Å². The number of esters is 1. The number of hydrogen-bond acceptors (Lipinski definition) is 5. The maximum Gasteiger partial charge on any atom is 0.338 e. The van der Waals surface area contributed by atoms with Gasteiger partial charge in [0.1, 0.15) is 6.61 Å². The average Bonchev–Trinajstić information content (AvgIpc) is 2.43. The van der Waals surface area contributed by atoms with Crippen molar-refractivity contribution in [3.05, 3.63) is 39.9 Å². The van der Waals surface area contributed by atoms with E-state index in [1.807, 2.05) is 0 Å². The van der Waals surface area contributed by atoms with Crippen molar-refractivity contribution in [1.82, 2.24) is 5.32 Å². The Morgan fingerprint density at radius 1 is 1.42 bits per heavy atom. The molecule has 0 bridgehead atoms. The molecule has 6 heteroatoms. The van der Waals surface area contributed by atoms with Crippen LogP contribution in [0.4, 0.5) is 5.69 Å². The first kappa shape index (κ1) is 15.1. The molecule has 1 rings (SSSR count). The molecule has 1 aromatic rings. The van der Waals surface area contributed by atoms with E-state index >= 15 is 0 Å². The Morgan fingerprint density at radius 3 is 2.58 bits per heavy atom. The molecular formula is C13H18N2O4. The van der Waals surface area contributed by atoms with Crippen molar-refractivity contribution < 1.29 is 14.5 Å². The normalized spacial score (nSPS) is 11.9. The van der Waals surface area contributed by atoms with E-state index in [-0.39, 0.29) is 12.3 Å². The molecule has 0 spiro atoms. The van der Waals surface area contributed by atoms with Gasteiger partial charge in [0.15, 0.2) is 0 Å². The minimum Gasteiger partial charge on any atom is -0.461 e. The van der Waals surface area contributed by atoms with Crippen LogP contribution in [0.5, 0.6) is 0 Å². The van der Waals surface area contributed by atoms with Gasteiger partial charge in [0.25, 0.3) is 5.69 Å². The zero-order valence-corrected chi connectivity index (χ0v) is 11.1. The van der Waals surface area contributed by atoms with Crippen molar-refractivity contribution in [2.45, 2.75) is 26.3 Å². The molecule has 0 aliphatic rings. The maximum absolute atomic E-state index is 11.6. The summed E-state index contributed by atoms with van der Waals surface area (Å²) in [5, 5.41) is 13.7. The molecule has 1 atom stereocenters. The number of nitro groups is 1. The lowest BCUT2D eigenvalue weighted by Gasteiger charge is -2.11. The number of nitrogens with one attached hydrogen (secondary N) is 1. The molecule has 0 amide bonds. The van der Waals surface area contributed by atoms with Crippen molar-refractivity contribution in [2.75, 3.05) is 13.2 Å². The lowest BCUT2D eigenvalue weighted by Crippen LogP contribution is -2.29. The van der Waals surface area contributed by atoms with Gasteiger partial charge in [0.05, 0.1) is 10.5 Å². The summed E-state index contributed by atoms with van der Waals surface area (Å²) in [6.45, 7) is 4.99. The summed E-state index contributed by atoms with van der Waals surface area (Å²) in [7, 11) is 0. The lowest BCUT2D eigenvalue weighted by atomic mass is 10.2. The molecule has 19 heavy (non-hydrogen) atoms. The van der Waals surface area contributed by atoms with E-state index in [2.05, 4.69) is 19.2 Å². The van der Waals surface area contributed by atoms with Gasteiger partial charge in [-0.15, -0.1) is 0 Å². The van der Waals surface area contributed by atoms with E-state index in [0.29, 0.717) is 18.2 Å². The Morgan fingerprint density at radius 2 is 2.05 bits per heavy atom. The minimum absolute atomic E-state index is 0.0463. The fourth-order valence-electron chi connectivity index (χ4n) is 1.40. The Bertz CT molecular complexity index is 431. The SMILES string of the molecule is CCC(C)NCCOC(=O)c1ccc([N+](=O)[O-])cc1. The topological polar surface area (TPSA) is 81.5 Å². The van der Waals surface area contributed by atoms with Crippen LogP contribution in [0.3, 0.4) is 0 Å². The molecule has 6 nitrogen and oxygen atoms in total. The maximum atomic E-state index is 11.6. The summed E-state index contributed by atoms with van der Waals surface area (Å²) in [6, 6.07) is 5.74. The highest BCUT2D eigenvalue weighted by atomic mass is 16.6. The second-order valence-electron chi connectivity index (χ2n) is 4.20. The number of benzene rings is 1. The van der Waals surface area contributed by atoms with Crippen molar-refractivity contribution in [3.8, 4) is 0 Å². The molecule has 0 heterocycles. The van der Waals surface area contributed by atoms with Crippen molar-refractivity contribution in [2.24, 2.45) is 0 Å². The predicted molar refractivity (Wildman–Crippen MR) is 71.1 cm³/mol. The van der Waals surface area contributed by atoms with Crippen LogP contribution in [0, 0.1) is 10.1 Å². The molecule has 104 valence electrons. The summed E-state index contributed by atoms with van der Waals surface area (Å²) >= 11 is 0. The number of hydrogen-bond donors (Lipinski definition) is 1. The van der Waals surface area contributed by atoms with E-state index in [0.717, 1.165) is 6.42 Å². The molecule has 1 N–H and O–H groups in total. The van der Waals surface area contributed by atoms with Gasteiger partial charge >= 0.3 is 5.97 Å². The number of non-ortho nitro benzene ring substituents is 1. The van der Waals surface area contributed by atoms with Crippen LogP contribution in [-0.4, -0.2) is 30.1 Å². The third-order valence-corrected chi connectivity index (χ3v) is 2.75. The number of ether oxygens (including phenoxy) is 1. The number of nitro benzene ring substituents is 1. The smallest absolute Gasteiger partial charge is 0.338 e. The average molecular weight is 266 g/mol.